The van der Waals surface area contributed by atoms with Crippen LogP contribution in [0.3, 0.4) is 0 Å². The van der Waals surface area contributed by atoms with Crippen molar-refractivity contribution >= 4 is 0 Å². The Morgan fingerprint density at radius 3 is 2.15 bits per heavy atom. The van der Waals surface area contributed by atoms with E-state index in [9.17, 15) is 0 Å². The van der Waals surface area contributed by atoms with Gasteiger partial charge >= 0.3 is 0 Å². The largest absolute Gasteiger partial charge is 0.330 e. The topological polar surface area (TPSA) is 29.3 Å². The molecule has 0 amide bonds. The van der Waals surface area contributed by atoms with Gasteiger partial charge in [-0.15, -0.1) is 0 Å². The molecule has 2 nitrogen and oxygen atoms in total. The fourth-order valence-electron chi connectivity index (χ4n) is 2.05. The molecule has 2 N–H and O–H groups in total. The van der Waals surface area contributed by atoms with Crippen molar-refractivity contribution in [3.05, 3.63) is 0 Å². The highest BCUT2D eigenvalue weighted by Gasteiger charge is 2.21. The molecular formula is C11H24N2. The summed E-state index contributed by atoms with van der Waals surface area (Å²) in [5.74, 6) is 0.788. The van der Waals surface area contributed by atoms with Gasteiger partial charge in [0, 0.05) is 6.54 Å². The molecule has 1 heterocycles. The fraction of sp³-hybridized carbons (Fsp3) is 1.00. The molecule has 1 saturated heterocycles. The first-order valence-corrected chi connectivity index (χ1v) is 5.44. The Bertz CT molecular complexity index is 141. The van der Waals surface area contributed by atoms with E-state index in [4.69, 9.17) is 5.73 Å². The molecule has 2 heteroatoms. The van der Waals surface area contributed by atoms with Crippen LogP contribution in [0.1, 0.15) is 33.6 Å². The number of hydrogen-bond acceptors (Lipinski definition) is 2. The van der Waals surface area contributed by atoms with Crippen LogP contribution in [-0.4, -0.2) is 31.1 Å². The average Bonchev–Trinajstić information content (AvgIpc) is 2.03. The second kappa shape index (κ2) is 4.43. The normalized spacial score (nSPS) is 22.2. The van der Waals surface area contributed by atoms with E-state index >= 15 is 0 Å². The molecule has 1 aliphatic rings. The molecule has 13 heavy (non-hydrogen) atoms. The van der Waals surface area contributed by atoms with Gasteiger partial charge in [0.15, 0.2) is 0 Å². The van der Waals surface area contributed by atoms with Crippen molar-refractivity contribution < 1.29 is 0 Å². The Balaban J connectivity index is 2.25. The van der Waals surface area contributed by atoms with Gasteiger partial charge < -0.3 is 10.6 Å². The minimum Gasteiger partial charge on any atom is -0.330 e. The van der Waals surface area contributed by atoms with Gasteiger partial charge in [-0.3, -0.25) is 0 Å². The molecule has 0 aromatic carbocycles. The van der Waals surface area contributed by atoms with E-state index in [1.54, 1.807) is 0 Å². The maximum Gasteiger partial charge on any atom is 0.00300 e. The van der Waals surface area contributed by atoms with E-state index in [0.29, 0.717) is 5.41 Å². The third kappa shape index (κ3) is 4.10. The summed E-state index contributed by atoms with van der Waals surface area (Å²) in [6, 6.07) is 0. The molecule has 0 spiro atoms. The summed E-state index contributed by atoms with van der Waals surface area (Å²) in [5.41, 5.74) is 6.10. The molecule has 78 valence electrons. The Labute approximate surface area is 82.5 Å². The highest BCUT2D eigenvalue weighted by Crippen LogP contribution is 2.21. The van der Waals surface area contributed by atoms with Crippen LogP contribution >= 0.6 is 0 Å². The Kier molecular flexibility index (Phi) is 3.74. The van der Waals surface area contributed by atoms with Gasteiger partial charge in [0.25, 0.3) is 0 Å². The van der Waals surface area contributed by atoms with Crippen molar-refractivity contribution in [1.82, 2.24) is 4.90 Å². The lowest BCUT2D eigenvalue weighted by Crippen LogP contribution is -2.40. The molecule has 0 bridgehead atoms. The van der Waals surface area contributed by atoms with E-state index in [-0.39, 0.29) is 0 Å². The Morgan fingerprint density at radius 2 is 1.77 bits per heavy atom. The van der Waals surface area contributed by atoms with Crippen LogP contribution < -0.4 is 5.73 Å². The first kappa shape index (κ1) is 11.0. The zero-order chi connectivity index (χ0) is 9.90. The van der Waals surface area contributed by atoms with Gasteiger partial charge in [0.2, 0.25) is 0 Å². The van der Waals surface area contributed by atoms with Gasteiger partial charge in [-0.25, -0.2) is 0 Å². The maximum absolute atomic E-state index is 5.66. The van der Waals surface area contributed by atoms with Crippen molar-refractivity contribution in [3.63, 3.8) is 0 Å². The van der Waals surface area contributed by atoms with Crippen molar-refractivity contribution in [2.75, 3.05) is 26.2 Å². The highest BCUT2D eigenvalue weighted by molar-refractivity contribution is 4.76. The molecule has 0 radical (unpaired) electrons. The van der Waals surface area contributed by atoms with Crippen LogP contribution in [0.25, 0.3) is 0 Å². The monoisotopic (exact) mass is 184 g/mol. The van der Waals surface area contributed by atoms with Crippen molar-refractivity contribution in [2.24, 2.45) is 17.1 Å². The summed E-state index contributed by atoms with van der Waals surface area (Å²) in [5, 5.41) is 0. The minimum absolute atomic E-state index is 0.440. The molecule has 1 rings (SSSR count). The van der Waals surface area contributed by atoms with Crippen LogP contribution in [0, 0.1) is 11.3 Å². The van der Waals surface area contributed by atoms with Crippen molar-refractivity contribution in [1.29, 1.82) is 0 Å². The molecular weight excluding hydrogens is 160 g/mol. The summed E-state index contributed by atoms with van der Waals surface area (Å²) in [6.07, 6.45) is 2.60. The first-order chi connectivity index (χ1) is 6.01. The standard InChI is InChI=1S/C11H24N2/c1-11(2,3)9-13-6-4-10(8-12)5-7-13/h10H,4-9,12H2,1-3H3. The number of piperidine rings is 1. The Morgan fingerprint density at radius 1 is 1.23 bits per heavy atom. The third-order valence-electron chi connectivity index (χ3n) is 2.74. The van der Waals surface area contributed by atoms with Crippen LogP contribution in [0.15, 0.2) is 0 Å². The van der Waals surface area contributed by atoms with Gasteiger partial charge in [-0.2, -0.15) is 0 Å². The lowest BCUT2D eigenvalue weighted by Gasteiger charge is -2.35. The Hall–Kier alpha value is -0.0800. The van der Waals surface area contributed by atoms with Crippen LogP contribution in [0.4, 0.5) is 0 Å². The zero-order valence-electron chi connectivity index (χ0n) is 9.34. The van der Waals surface area contributed by atoms with E-state index in [2.05, 4.69) is 25.7 Å². The third-order valence-corrected chi connectivity index (χ3v) is 2.74. The van der Waals surface area contributed by atoms with Gasteiger partial charge in [0.05, 0.1) is 0 Å². The van der Waals surface area contributed by atoms with Crippen LogP contribution in [-0.2, 0) is 0 Å². The quantitative estimate of drug-likeness (QED) is 0.708. The van der Waals surface area contributed by atoms with Crippen LogP contribution in [0.5, 0.6) is 0 Å². The van der Waals surface area contributed by atoms with Gasteiger partial charge in [-0.05, 0) is 43.8 Å². The molecule has 0 aromatic rings. The number of nitrogens with two attached hydrogens (primary N) is 1. The average molecular weight is 184 g/mol. The molecule has 0 atom stereocenters. The van der Waals surface area contributed by atoms with Gasteiger partial charge in [-0.1, -0.05) is 20.8 Å². The molecule has 1 fully saturated rings. The van der Waals surface area contributed by atoms with Crippen LogP contribution in [0.2, 0.25) is 0 Å². The molecule has 0 aromatic heterocycles. The second-order valence-corrected chi connectivity index (χ2v) is 5.52. The second-order valence-electron chi connectivity index (χ2n) is 5.52. The van der Waals surface area contributed by atoms with Gasteiger partial charge in [0.1, 0.15) is 0 Å². The maximum atomic E-state index is 5.66. The SMILES string of the molecule is CC(C)(C)CN1CCC(CN)CC1. The summed E-state index contributed by atoms with van der Waals surface area (Å²) >= 11 is 0. The summed E-state index contributed by atoms with van der Waals surface area (Å²) in [6.45, 7) is 11.5. The van der Waals surface area contributed by atoms with E-state index in [0.717, 1.165) is 12.5 Å². The number of likely N-dealkylation sites (tertiary alicyclic amines) is 1. The molecule has 1 aliphatic heterocycles. The zero-order valence-corrected chi connectivity index (χ0v) is 9.34. The lowest BCUT2D eigenvalue weighted by molar-refractivity contribution is 0.139. The first-order valence-electron chi connectivity index (χ1n) is 5.44. The number of hydrogen-bond donors (Lipinski definition) is 1. The van der Waals surface area contributed by atoms with Crippen molar-refractivity contribution in [3.8, 4) is 0 Å². The lowest BCUT2D eigenvalue weighted by atomic mass is 9.92. The van der Waals surface area contributed by atoms with E-state index < -0.39 is 0 Å². The number of rotatable bonds is 2. The summed E-state index contributed by atoms with van der Waals surface area (Å²) in [4.78, 5) is 2.58. The van der Waals surface area contributed by atoms with Crippen molar-refractivity contribution in [2.45, 2.75) is 33.6 Å². The summed E-state index contributed by atoms with van der Waals surface area (Å²) < 4.78 is 0. The minimum atomic E-state index is 0.440. The summed E-state index contributed by atoms with van der Waals surface area (Å²) in [7, 11) is 0. The predicted molar refractivity (Wildman–Crippen MR) is 57.7 cm³/mol. The number of nitrogens with zero attached hydrogens (tertiary/aromatic N) is 1. The highest BCUT2D eigenvalue weighted by atomic mass is 15.1. The molecule has 0 unspecified atom stereocenters. The predicted octanol–water partition coefficient (Wildman–Crippen LogP) is 1.70. The van der Waals surface area contributed by atoms with E-state index in [1.165, 1.54) is 32.5 Å². The smallest absolute Gasteiger partial charge is 0.00300 e. The van der Waals surface area contributed by atoms with E-state index in [1.807, 2.05) is 0 Å². The molecule has 0 aliphatic carbocycles. The molecule has 0 saturated carbocycles. The fourth-order valence-corrected chi connectivity index (χ4v) is 2.05.